The van der Waals surface area contributed by atoms with Gasteiger partial charge < -0.3 is 5.73 Å². The van der Waals surface area contributed by atoms with E-state index >= 15 is 0 Å². The SMILES string of the molecule is N=C(N)c1ccc(CCC(=O)c2cnn(Cc3ccc(Cn4cccn4)cc3)c2)cc1. The van der Waals surface area contributed by atoms with Crippen molar-refractivity contribution in [2.24, 2.45) is 5.73 Å². The molecule has 0 saturated carbocycles. The first kappa shape index (κ1) is 20.3. The van der Waals surface area contributed by atoms with E-state index < -0.39 is 0 Å². The fraction of sp³-hybridized carbons (Fsp3) is 0.167. The molecule has 0 bridgehead atoms. The van der Waals surface area contributed by atoms with Gasteiger partial charge in [0.1, 0.15) is 5.84 Å². The summed E-state index contributed by atoms with van der Waals surface area (Å²) in [6.45, 7) is 1.35. The molecule has 0 fully saturated rings. The Kier molecular flexibility index (Phi) is 6.03. The molecule has 7 heteroatoms. The van der Waals surface area contributed by atoms with E-state index in [1.807, 2.05) is 29.1 Å². The molecule has 0 saturated heterocycles. The quantitative estimate of drug-likeness (QED) is 0.250. The topological polar surface area (TPSA) is 103 Å². The summed E-state index contributed by atoms with van der Waals surface area (Å²) >= 11 is 0. The fourth-order valence-electron chi connectivity index (χ4n) is 3.37. The van der Waals surface area contributed by atoms with Gasteiger partial charge in [-0.25, -0.2) is 0 Å². The monoisotopic (exact) mass is 412 g/mol. The van der Waals surface area contributed by atoms with Crippen molar-refractivity contribution in [1.29, 1.82) is 5.41 Å². The summed E-state index contributed by atoms with van der Waals surface area (Å²) in [7, 11) is 0. The van der Waals surface area contributed by atoms with Crippen molar-refractivity contribution in [2.45, 2.75) is 25.9 Å². The third-order valence-corrected chi connectivity index (χ3v) is 5.13. The highest BCUT2D eigenvalue weighted by Gasteiger charge is 2.10. The van der Waals surface area contributed by atoms with Gasteiger partial charge in [0.05, 0.1) is 24.8 Å². The Bertz CT molecular complexity index is 1160. The molecule has 2 aromatic carbocycles. The first-order valence-corrected chi connectivity index (χ1v) is 10.1. The van der Waals surface area contributed by atoms with Gasteiger partial charge in [0, 0.05) is 30.6 Å². The van der Waals surface area contributed by atoms with Gasteiger partial charge in [-0.15, -0.1) is 0 Å². The van der Waals surface area contributed by atoms with Gasteiger partial charge in [0.2, 0.25) is 0 Å². The molecule has 3 N–H and O–H groups in total. The van der Waals surface area contributed by atoms with Crippen LogP contribution in [0.1, 0.15) is 39.0 Å². The molecular formula is C24H24N6O. The second kappa shape index (κ2) is 9.21. The Morgan fingerprint density at radius 3 is 2.13 bits per heavy atom. The minimum atomic E-state index is 0.0441. The Labute approximate surface area is 180 Å². The Morgan fingerprint density at radius 1 is 0.871 bits per heavy atom. The summed E-state index contributed by atoms with van der Waals surface area (Å²) in [5, 5.41) is 16.0. The summed E-state index contributed by atoms with van der Waals surface area (Å²) in [4.78, 5) is 12.5. The number of rotatable bonds is 9. The van der Waals surface area contributed by atoms with Gasteiger partial charge in [-0.3, -0.25) is 19.6 Å². The number of benzene rings is 2. The van der Waals surface area contributed by atoms with Crippen LogP contribution in [-0.2, 0) is 19.5 Å². The number of hydrogen-bond acceptors (Lipinski definition) is 4. The number of aromatic nitrogens is 4. The number of amidine groups is 1. The minimum absolute atomic E-state index is 0.0441. The molecule has 0 atom stereocenters. The van der Waals surface area contributed by atoms with E-state index in [9.17, 15) is 4.79 Å². The predicted octanol–water partition coefficient (Wildman–Crippen LogP) is 3.28. The number of nitrogens with one attached hydrogen (secondary N) is 1. The molecular weight excluding hydrogens is 388 g/mol. The molecule has 0 spiro atoms. The van der Waals surface area contributed by atoms with Crippen LogP contribution in [0, 0.1) is 5.41 Å². The molecule has 0 aliphatic carbocycles. The highest BCUT2D eigenvalue weighted by molar-refractivity contribution is 5.96. The van der Waals surface area contributed by atoms with Crippen LogP contribution in [0.3, 0.4) is 0 Å². The lowest BCUT2D eigenvalue weighted by molar-refractivity contribution is 0.0982. The van der Waals surface area contributed by atoms with Crippen LogP contribution in [0.15, 0.2) is 79.4 Å². The zero-order chi connectivity index (χ0) is 21.6. The van der Waals surface area contributed by atoms with Crippen molar-refractivity contribution in [2.75, 3.05) is 0 Å². The maximum atomic E-state index is 12.5. The summed E-state index contributed by atoms with van der Waals surface area (Å²) in [5.41, 5.74) is 10.1. The third kappa shape index (κ3) is 5.33. The maximum Gasteiger partial charge on any atom is 0.166 e. The Hall–Kier alpha value is -4.00. The number of Topliss-reactive ketones (excluding diaryl/α,β-unsaturated/α-hetero) is 1. The van der Waals surface area contributed by atoms with E-state index in [-0.39, 0.29) is 11.6 Å². The van der Waals surface area contributed by atoms with Crippen molar-refractivity contribution in [3.8, 4) is 0 Å². The van der Waals surface area contributed by atoms with Crippen LogP contribution in [0.25, 0.3) is 0 Å². The summed E-state index contributed by atoms with van der Waals surface area (Å²) in [6, 6.07) is 17.7. The second-order valence-corrected chi connectivity index (χ2v) is 7.48. The Morgan fingerprint density at radius 2 is 1.52 bits per heavy atom. The number of carbonyl (C=O) groups is 1. The summed E-state index contributed by atoms with van der Waals surface area (Å²) in [6.07, 6.45) is 8.20. The predicted molar refractivity (Wildman–Crippen MR) is 119 cm³/mol. The molecule has 2 aromatic heterocycles. The maximum absolute atomic E-state index is 12.5. The van der Waals surface area contributed by atoms with Crippen LogP contribution >= 0.6 is 0 Å². The van der Waals surface area contributed by atoms with E-state index in [0.717, 1.165) is 17.7 Å². The van der Waals surface area contributed by atoms with Crippen LogP contribution in [0.4, 0.5) is 0 Å². The average Bonchev–Trinajstić information content (AvgIpc) is 3.46. The molecule has 0 radical (unpaired) electrons. The third-order valence-electron chi connectivity index (χ3n) is 5.13. The van der Waals surface area contributed by atoms with E-state index in [1.54, 1.807) is 35.4 Å². The minimum Gasteiger partial charge on any atom is -0.384 e. The van der Waals surface area contributed by atoms with Crippen molar-refractivity contribution >= 4 is 11.6 Å². The van der Waals surface area contributed by atoms with E-state index in [1.165, 1.54) is 5.56 Å². The standard InChI is InChI=1S/C24H24N6O/c25-24(26)21-9-6-18(7-10-21)8-11-23(31)22-14-28-30(17-22)16-20-4-2-19(3-5-20)15-29-13-1-12-27-29/h1-7,9-10,12-14,17H,8,11,15-16H2,(H3,25,26). The lowest BCUT2D eigenvalue weighted by Crippen LogP contribution is -2.10. The zero-order valence-corrected chi connectivity index (χ0v) is 17.1. The van der Waals surface area contributed by atoms with Crippen LogP contribution < -0.4 is 5.73 Å². The first-order valence-electron chi connectivity index (χ1n) is 10.1. The molecule has 0 amide bonds. The highest BCUT2D eigenvalue weighted by atomic mass is 16.1. The number of carbonyl (C=O) groups excluding carboxylic acids is 1. The number of nitrogen functional groups attached to an aromatic ring is 1. The van der Waals surface area contributed by atoms with Crippen LogP contribution in [-0.4, -0.2) is 31.2 Å². The molecule has 31 heavy (non-hydrogen) atoms. The van der Waals surface area contributed by atoms with Gasteiger partial charge in [-0.05, 0) is 29.2 Å². The summed E-state index contributed by atoms with van der Waals surface area (Å²) in [5.74, 6) is 0.110. The first-order chi connectivity index (χ1) is 15.1. The van der Waals surface area contributed by atoms with Crippen LogP contribution in [0.5, 0.6) is 0 Å². The van der Waals surface area contributed by atoms with E-state index in [4.69, 9.17) is 11.1 Å². The largest absolute Gasteiger partial charge is 0.384 e. The Balaban J connectivity index is 1.31. The van der Waals surface area contributed by atoms with E-state index in [0.29, 0.717) is 30.5 Å². The molecule has 0 aliphatic heterocycles. The molecule has 7 nitrogen and oxygen atoms in total. The van der Waals surface area contributed by atoms with Gasteiger partial charge >= 0.3 is 0 Å². The zero-order valence-electron chi connectivity index (χ0n) is 17.1. The van der Waals surface area contributed by atoms with Crippen LogP contribution in [0.2, 0.25) is 0 Å². The number of ketones is 1. The highest BCUT2D eigenvalue weighted by Crippen LogP contribution is 2.12. The van der Waals surface area contributed by atoms with Crippen molar-refractivity contribution in [1.82, 2.24) is 19.6 Å². The van der Waals surface area contributed by atoms with Gasteiger partial charge in [0.15, 0.2) is 5.78 Å². The van der Waals surface area contributed by atoms with Gasteiger partial charge in [-0.1, -0.05) is 48.5 Å². The number of nitrogens with zero attached hydrogens (tertiary/aromatic N) is 4. The number of hydrogen-bond donors (Lipinski definition) is 2. The molecule has 0 aliphatic rings. The molecule has 0 unspecified atom stereocenters. The molecule has 4 aromatic rings. The van der Waals surface area contributed by atoms with Crippen molar-refractivity contribution < 1.29 is 4.79 Å². The molecule has 2 heterocycles. The number of nitrogens with two attached hydrogens (primary N) is 1. The fourth-order valence-corrected chi connectivity index (χ4v) is 3.37. The molecule has 4 rings (SSSR count). The van der Waals surface area contributed by atoms with Crippen molar-refractivity contribution in [3.05, 3.63) is 107 Å². The normalized spacial score (nSPS) is 10.8. The second-order valence-electron chi connectivity index (χ2n) is 7.48. The van der Waals surface area contributed by atoms with Crippen molar-refractivity contribution in [3.63, 3.8) is 0 Å². The molecule has 156 valence electrons. The smallest absolute Gasteiger partial charge is 0.166 e. The average molecular weight is 412 g/mol. The number of aryl methyl sites for hydroxylation is 1. The lowest BCUT2D eigenvalue weighted by atomic mass is 10.0. The van der Waals surface area contributed by atoms with Gasteiger partial charge in [0.25, 0.3) is 0 Å². The van der Waals surface area contributed by atoms with Gasteiger partial charge in [-0.2, -0.15) is 10.2 Å². The summed E-state index contributed by atoms with van der Waals surface area (Å²) < 4.78 is 3.68. The lowest BCUT2D eigenvalue weighted by Gasteiger charge is -2.05. The van der Waals surface area contributed by atoms with E-state index in [2.05, 4.69) is 34.5 Å².